The van der Waals surface area contributed by atoms with E-state index in [1.54, 1.807) is 6.07 Å². The number of nitrogens with one attached hydrogen (secondary N) is 2. The van der Waals surface area contributed by atoms with Crippen LogP contribution in [0.4, 0.5) is 11.4 Å². The maximum Gasteiger partial charge on any atom is 0.294 e. The van der Waals surface area contributed by atoms with Crippen LogP contribution in [0.15, 0.2) is 45.0 Å². The third-order valence-corrected chi connectivity index (χ3v) is 6.62. The number of hydrogen-bond donors (Lipinski definition) is 2. The average molecular weight is 508 g/mol. The standard InChI is InChI=1S/C24H22BrN5O3/c1-24(2,3)12-7-8-17-15(9-12)14-5-4-6-18(20(14)26-17)28-29-22-16-10-13(25)11-19(30(32)33)21(16)27-23(22)31/h7-11,26H,4-6H2,1-3H3,(H,27,29,31)/b28-18+. The summed E-state index contributed by atoms with van der Waals surface area (Å²) in [6, 6.07) is 9.50. The van der Waals surface area contributed by atoms with E-state index in [4.69, 9.17) is 0 Å². The smallest absolute Gasteiger partial charge is 0.294 e. The molecule has 2 heterocycles. The molecule has 2 aromatic carbocycles. The first-order chi connectivity index (χ1) is 15.6. The molecule has 0 bridgehead atoms. The van der Waals surface area contributed by atoms with Crippen LogP contribution >= 0.6 is 15.9 Å². The lowest BCUT2D eigenvalue weighted by Gasteiger charge is -2.19. The van der Waals surface area contributed by atoms with Crippen molar-refractivity contribution in [1.82, 2.24) is 4.98 Å². The predicted octanol–water partition coefficient (Wildman–Crippen LogP) is 5.62. The Balaban J connectivity index is 1.60. The Kier molecular flexibility index (Phi) is 4.97. The van der Waals surface area contributed by atoms with Gasteiger partial charge in [0, 0.05) is 27.0 Å². The molecule has 2 N–H and O–H groups in total. The second-order valence-corrected chi connectivity index (χ2v) is 10.3. The third kappa shape index (κ3) is 3.66. The first-order valence-electron chi connectivity index (χ1n) is 10.7. The highest BCUT2D eigenvalue weighted by atomic mass is 79.9. The Morgan fingerprint density at radius 1 is 1.12 bits per heavy atom. The average Bonchev–Trinajstić information content (AvgIpc) is 3.28. The summed E-state index contributed by atoms with van der Waals surface area (Å²) in [5.74, 6) is -0.502. The zero-order valence-electron chi connectivity index (χ0n) is 18.5. The van der Waals surface area contributed by atoms with Gasteiger partial charge in [-0.1, -0.05) is 42.8 Å². The minimum absolute atomic E-state index is 0.0516. The molecule has 9 heteroatoms. The van der Waals surface area contributed by atoms with Crippen molar-refractivity contribution in [2.75, 3.05) is 5.32 Å². The number of nitrogens with zero attached hydrogens (tertiary/aromatic N) is 3. The summed E-state index contributed by atoms with van der Waals surface area (Å²) >= 11 is 3.28. The summed E-state index contributed by atoms with van der Waals surface area (Å²) in [6.07, 6.45) is 2.61. The minimum Gasteiger partial charge on any atom is -0.353 e. The van der Waals surface area contributed by atoms with Crippen LogP contribution in [-0.2, 0) is 16.6 Å². The Morgan fingerprint density at radius 3 is 2.64 bits per heavy atom. The zero-order chi connectivity index (χ0) is 23.5. The molecule has 0 unspecified atom stereocenters. The topological polar surface area (TPSA) is 113 Å². The maximum absolute atomic E-state index is 12.6. The molecule has 168 valence electrons. The largest absolute Gasteiger partial charge is 0.353 e. The van der Waals surface area contributed by atoms with Crippen LogP contribution < -0.4 is 5.32 Å². The van der Waals surface area contributed by atoms with Crippen LogP contribution in [0.2, 0.25) is 0 Å². The number of H-pyrrole nitrogens is 1. The van der Waals surface area contributed by atoms with Gasteiger partial charge in [0.15, 0.2) is 5.71 Å². The van der Waals surface area contributed by atoms with Gasteiger partial charge in [0.2, 0.25) is 0 Å². The number of benzene rings is 2. The van der Waals surface area contributed by atoms with Gasteiger partial charge >= 0.3 is 0 Å². The lowest BCUT2D eigenvalue weighted by Crippen LogP contribution is -2.15. The summed E-state index contributed by atoms with van der Waals surface area (Å²) in [4.78, 5) is 26.9. The zero-order valence-corrected chi connectivity index (χ0v) is 20.0. The van der Waals surface area contributed by atoms with Gasteiger partial charge in [0.1, 0.15) is 5.69 Å². The molecule has 1 aliphatic heterocycles. The number of aromatic amines is 1. The first kappa shape index (κ1) is 21.5. The van der Waals surface area contributed by atoms with Gasteiger partial charge < -0.3 is 10.3 Å². The number of hydrogen-bond acceptors (Lipinski definition) is 5. The van der Waals surface area contributed by atoms with Crippen molar-refractivity contribution in [3.05, 3.63) is 67.3 Å². The van der Waals surface area contributed by atoms with E-state index >= 15 is 0 Å². The van der Waals surface area contributed by atoms with Crippen molar-refractivity contribution in [2.24, 2.45) is 10.2 Å². The van der Waals surface area contributed by atoms with Crippen LogP contribution in [0.1, 0.15) is 56.0 Å². The van der Waals surface area contributed by atoms with E-state index in [0.29, 0.717) is 10.0 Å². The van der Waals surface area contributed by atoms with Gasteiger partial charge in [-0.05, 0) is 54.0 Å². The third-order valence-electron chi connectivity index (χ3n) is 6.16. The van der Waals surface area contributed by atoms with E-state index in [-0.39, 0.29) is 22.5 Å². The highest BCUT2D eigenvalue weighted by Crippen LogP contribution is 2.37. The van der Waals surface area contributed by atoms with Crippen LogP contribution in [0.25, 0.3) is 10.9 Å². The monoisotopic (exact) mass is 507 g/mol. The van der Waals surface area contributed by atoms with Crippen molar-refractivity contribution in [1.29, 1.82) is 0 Å². The summed E-state index contributed by atoms with van der Waals surface area (Å²) in [7, 11) is 0. The Hall–Kier alpha value is -3.33. The molecule has 0 saturated carbocycles. The number of fused-ring (bicyclic) bond motifs is 4. The van der Waals surface area contributed by atoms with Crippen LogP contribution in [0, 0.1) is 10.1 Å². The van der Waals surface area contributed by atoms with Gasteiger partial charge in [0.25, 0.3) is 11.6 Å². The molecule has 0 fully saturated rings. The summed E-state index contributed by atoms with van der Waals surface area (Å²) in [5, 5.41) is 23.9. The lowest BCUT2D eigenvalue weighted by molar-refractivity contribution is -0.384. The fourth-order valence-electron chi connectivity index (χ4n) is 4.44. The second-order valence-electron chi connectivity index (χ2n) is 9.40. The molecule has 33 heavy (non-hydrogen) atoms. The molecule has 3 aromatic rings. The SMILES string of the molecule is CC(C)(C)c1ccc2[nH]c3c(c2c1)CCC/C3=N\N=C1/C(=O)Nc2c1cc(Br)cc2[N+](=O)[O-]. The lowest BCUT2D eigenvalue weighted by atomic mass is 9.85. The first-order valence-corrected chi connectivity index (χ1v) is 11.5. The van der Waals surface area contributed by atoms with Crippen molar-refractivity contribution in [2.45, 2.75) is 45.4 Å². The molecular weight excluding hydrogens is 486 g/mol. The van der Waals surface area contributed by atoms with E-state index in [1.807, 2.05) is 0 Å². The molecule has 2 aliphatic rings. The van der Waals surface area contributed by atoms with Crippen LogP contribution in [-0.4, -0.2) is 27.2 Å². The van der Waals surface area contributed by atoms with Gasteiger partial charge in [-0.3, -0.25) is 14.9 Å². The highest BCUT2D eigenvalue weighted by Gasteiger charge is 2.33. The quantitative estimate of drug-likeness (QED) is 0.346. The van der Waals surface area contributed by atoms with Gasteiger partial charge in [-0.25, -0.2) is 0 Å². The molecule has 1 aliphatic carbocycles. The van der Waals surface area contributed by atoms with E-state index in [0.717, 1.165) is 36.2 Å². The number of halogens is 1. The normalized spacial score (nSPS) is 18.0. The molecule has 8 nitrogen and oxygen atoms in total. The fraction of sp³-hybridized carbons (Fsp3) is 0.292. The number of aryl methyl sites for hydroxylation is 1. The molecule has 0 atom stereocenters. The van der Waals surface area contributed by atoms with Crippen LogP contribution in [0.3, 0.4) is 0 Å². The Bertz CT molecular complexity index is 1410. The number of rotatable bonds is 2. The van der Waals surface area contributed by atoms with Gasteiger partial charge in [-0.2, -0.15) is 5.10 Å². The molecule has 0 spiro atoms. The Morgan fingerprint density at radius 2 is 1.91 bits per heavy atom. The van der Waals surface area contributed by atoms with E-state index in [2.05, 4.69) is 75.4 Å². The number of nitro groups is 1. The van der Waals surface area contributed by atoms with E-state index in [1.165, 1.54) is 22.6 Å². The van der Waals surface area contributed by atoms with Crippen molar-refractivity contribution < 1.29 is 9.72 Å². The van der Waals surface area contributed by atoms with Crippen molar-refractivity contribution in [3.63, 3.8) is 0 Å². The van der Waals surface area contributed by atoms with Crippen molar-refractivity contribution in [3.8, 4) is 0 Å². The van der Waals surface area contributed by atoms with Crippen LogP contribution in [0.5, 0.6) is 0 Å². The highest BCUT2D eigenvalue weighted by molar-refractivity contribution is 9.10. The summed E-state index contributed by atoms with van der Waals surface area (Å²) in [6.45, 7) is 6.59. The number of nitro benzene ring substituents is 1. The molecule has 5 rings (SSSR count). The maximum atomic E-state index is 12.6. The summed E-state index contributed by atoms with van der Waals surface area (Å²) < 4.78 is 0.495. The predicted molar refractivity (Wildman–Crippen MR) is 132 cm³/mol. The molecule has 1 aromatic heterocycles. The second kappa shape index (κ2) is 7.62. The number of carbonyl (C=O) groups is 1. The number of carbonyl (C=O) groups excluding carboxylic acids is 1. The molecular formula is C24H22BrN5O3. The fourth-order valence-corrected chi connectivity index (χ4v) is 4.88. The van der Waals surface area contributed by atoms with Crippen molar-refractivity contribution >= 4 is 55.5 Å². The Labute approximate surface area is 198 Å². The minimum atomic E-state index is -0.525. The molecule has 1 amide bonds. The van der Waals surface area contributed by atoms with E-state index < -0.39 is 10.8 Å². The number of anilines is 1. The molecule has 0 radical (unpaired) electrons. The van der Waals surface area contributed by atoms with E-state index in [9.17, 15) is 14.9 Å². The van der Waals surface area contributed by atoms with Gasteiger partial charge in [0.05, 0.1) is 16.3 Å². The van der Waals surface area contributed by atoms with Gasteiger partial charge in [-0.15, -0.1) is 5.10 Å². The summed E-state index contributed by atoms with van der Waals surface area (Å²) in [5.41, 5.74) is 5.73. The number of amides is 1. The number of aromatic nitrogens is 1. The molecule has 0 saturated heterocycles.